The van der Waals surface area contributed by atoms with Crippen LogP contribution >= 0.6 is 0 Å². The average molecular weight is 421 g/mol. The maximum atomic E-state index is 13.9. The van der Waals surface area contributed by atoms with Crippen LogP contribution in [0.5, 0.6) is 5.75 Å². The second-order valence-electron chi connectivity index (χ2n) is 6.61. The SMILES string of the molecule is COc1ccccc1Cc1noc(C2CN(S(=O)(=O)c3c(F)cccc3F)C2)n1. The average Bonchev–Trinajstić information content (AvgIpc) is 3.08. The minimum atomic E-state index is -4.28. The van der Waals surface area contributed by atoms with Crippen molar-refractivity contribution < 1.29 is 26.5 Å². The van der Waals surface area contributed by atoms with Gasteiger partial charge in [-0.05, 0) is 18.2 Å². The highest BCUT2D eigenvalue weighted by Gasteiger charge is 2.42. The summed E-state index contributed by atoms with van der Waals surface area (Å²) in [5.74, 6) is -1.15. The van der Waals surface area contributed by atoms with Crippen LogP contribution in [0.4, 0.5) is 8.78 Å². The summed E-state index contributed by atoms with van der Waals surface area (Å²) in [5.41, 5.74) is 0.884. The molecule has 0 spiro atoms. The number of ether oxygens (including phenoxy) is 1. The Morgan fingerprint density at radius 1 is 1.14 bits per heavy atom. The number of para-hydroxylation sites is 1. The van der Waals surface area contributed by atoms with E-state index < -0.39 is 26.6 Å². The number of hydrogen-bond donors (Lipinski definition) is 0. The molecular weight excluding hydrogens is 404 g/mol. The van der Waals surface area contributed by atoms with E-state index in [1.807, 2.05) is 24.3 Å². The quantitative estimate of drug-likeness (QED) is 0.609. The maximum Gasteiger partial charge on any atom is 0.248 e. The third kappa shape index (κ3) is 3.60. The normalized spacial score (nSPS) is 15.3. The minimum absolute atomic E-state index is 0.00635. The predicted octanol–water partition coefficient (Wildman–Crippen LogP) is 2.74. The first-order valence-corrected chi connectivity index (χ1v) is 10.2. The van der Waals surface area contributed by atoms with E-state index in [2.05, 4.69) is 10.1 Å². The Morgan fingerprint density at radius 2 is 1.83 bits per heavy atom. The van der Waals surface area contributed by atoms with Crippen molar-refractivity contribution in [2.24, 2.45) is 0 Å². The smallest absolute Gasteiger partial charge is 0.248 e. The molecule has 1 aromatic heterocycles. The molecule has 29 heavy (non-hydrogen) atoms. The van der Waals surface area contributed by atoms with Crippen molar-refractivity contribution in [2.45, 2.75) is 17.2 Å². The monoisotopic (exact) mass is 421 g/mol. The third-order valence-electron chi connectivity index (χ3n) is 4.74. The first-order chi connectivity index (χ1) is 13.9. The molecule has 2 heterocycles. The van der Waals surface area contributed by atoms with Gasteiger partial charge in [0.1, 0.15) is 17.4 Å². The molecule has 0 radical (unpaired) electrons. The number of halogens is 2. The van der Waals surface area contributed by atoms with Gasteiger partial charge in [-0.15, -0.1) is 0 Å². The summed E-state index contributed by atoms with van der Waals surface area (Å²) in [6.07, 6.45) is 0.392. The van der Waals surface area contributed by atoms with Crippen molar-refractivity contribution in [3.63, 3.8) is 0 Å². The fraction of sp³-hybridized carbons (Fsp3) is 0.263. The first-order valence-electron chi connectivity index (χ1n) is 8.78. The zero-order chi connectivity index (χ0) is 20.6. The molecule has 3 aromatic rings. The molecule has 2 aromatic carbocycles. The fourth-order valence-electron chi connectivity index (χ4n) is 3.17. The van der Waals surface area contributed by atoms with Gasteiger partial charge in [-0.1, -0.05) is 29.4 Å². The zero-order valence-electron chi connectivity index (χ0n) is 15.4. The van der Waals surface area contributed by atoms with Gasteiger partial charge in [-0.3, -0.25) is 0 Å². The van der Waals surface area contributed by atoms with E-state index >= 15 is 0 Å². The molecule has 7 nitrogen and oxygen atoms in total. The van der Waals surface area contributed by atoms with Gasteiger partial charge in [-0.2, -0.15) is 9.29 Å². The molecule has 0 bridgehead atoms. The largest absolute Gasteiger partial charge is 0.496 e. The molecule has 0 N–H and O–H groups in total. The Bertz CT molecular complexity index is 1120. The van der Waals surface area contributed by atoms with Crippen molar-refractivity contribution in [1.29, 1.82) is 0 Å². The van der Waals surface area contributed by atoms with Gasteiger partial charge >= 0.3 is 0 Å². The van der Waals surface area contributed by atoms with Gasteiger partial charge in [0, 0.05) is 25.1 Å². The van der Waals surface area contributed by atoms with Crippen LogP contribution in [0.3, 0.4) is 0 Å². The van der Waals surface area contributed by atoms with Gasteiger partial charge in [0.2, 0.25) is 15.9 Å². The molecule has 0 atom stereocenters. The lowest BCUT2D eigenvalue weighted by Gasteiger charge is -2.35. The van der Waals surface area contributed by atoms with Gasteiger partial charge in [0.25, 0.3) is 0 Å². The van der Waals surface area contributed by atoms with Crippen LogP contribution in [-0.2, 0) is 16.4 Å². The van der Waals surface area contributed by atoms with Crippen LogP contribution in [0, 0.1) is 11.6 Å². The van der Waals surface area contributed by atoms with Crippen LogP contribution in [0.2, 0.25) is 0 Å². The number of methoxy groups -OCH3 is 1. The molecule has 0 unspecified atom stereocenters. The molecule has 152 valence electrons. The summed E-state index contributed by atoms with van der Waals surface area (Å²) < 4.78 is 64.3. The molecule has 0 saturated carbocycles. The number of aromatic nitrogens is 2. The molecule has 0 amide bonds. The van der Waals surface area contributed by atoms with Crippen molar-refractivity contribution in [1.82, 2.24) is 14.4 Å². The lowest BCUT2D eigenvalue weighted by atomic mass is 10.0. The van der Waals surface area contributed by atoms with Crippen LogP contribution in [-0.4, -0.2) is 43.1 Å². The highest BCUT2D eigenvalue weighted by molar-refractivity contribution is 7.89. The van der Waals surface area contributed by atoms with E-state index in [0.717, 1.165) is 28.1 Å². The van der Waals surface area contributed by atoms with Crippen molar-refractivity contribution in [3.8, 4) is 5.75 Å². The number of hydrogen-bond acceptors (Lipinski definition) is 6. The second-order valence-corrected chi connectivity index (χ2v) is 8.48. The van der Waals surface area contributed by atoms with Crippen molar-refractivity contribution in [2.75, 3.05) is 20.2 Å². The lowest BCUT2D eigenvalue weighted by molar-refractivity contribution is 0.215. The van der Waals surface area contributed by atoms with E-state index in [-0.39, 0.29) is 24.9 Å². The number of rotatable bonds is 6. The van der Waals surface area contributed by atoms with Gasteiger partial charge < -0.3 is 9.26 Å². The maximum absolute atomic E-state index is 13.9. The molecule has 0 aliphatic carbocycles. The molecule has 1 aliphatic rings. The zero-order valence-corrected chi connectivity index (χ0v) is 16.2. The predicted molar refractivity (Wildman–Crippen MR) is 98.0 cm³/mol. The number of benzene rings is 2. The Balaban J connectivity index is 1.46. The molecule has 10 heteroatoms. The van der Waals surface area contributed by atoms with Crippen molar-refractivity contribution >= 4 is 10.0 Å². The van der Waals surface area contributed by atoms with E-state index in [4.69, 9.17) is 9.26 Å². The Labute approximate surface area is 166 Å². The first kappa shape index (κ1) is 19.5. The number of nitrogens with zero attached hydrogens (tertiary/aromatic N) is 3. The summed E-state index contributed by atoms with van der Waals surface area (Å²) in [6.45, 7) is 0.0127. The van der Waals surface area contributed by atoms with Crippen LogP contribution in [0.25, 0.3) is 0 Å². The molecule has 1 fully saturated rings. The highest BCUT2D eigenvalue weighted by atomic mass is 32.2. The Morgan fingerprint density at radius 3 is 2.52 bits per heavy atom. The summed E-state index contributed by atoms with van der Waals surface area (Å²) in [7, 11) is -2.71. The molecule has 4 rings (SSSR count). The van der Waals surface area contributed by atoms with Gasteiger partial charge in [-0.25, -0.2) is 17.2 Å². The summed E-state index contributed by atoms with van der Waals surface area (Å²) >= 11 is 0. The van der Waals surface area contributed by atoms with E-state index in [9.17, 15) is 17.2 Å². The standard InChI is InChI=1S/C19H17F2N3O4S/c1-27-16-8-3-2-5-12(16)9-17-22-19(28-23-17)13-10-24(11-13)29(25,26)18-14(20)6-4-7-15(18)21/h2-8,13H,9-11H2,1H3. The van der Waals surface area contributed by atoms with Crippen LogP contribution < -0.4 is 4.74 Å². The highest BCUT2D eigenvalue weighted by Crippen LogP contribution is 2.33. The number of sulfonamides is 1. The minimum Gasteiger partial charge on any atom is -0.496 e. The second kappa shape index (κ2) is 7.53. The molecule has 1 saturated heterocycles. The fourth-order valence-corrected chi connectivity index (χ4v) is 4.81. The molecular formula is C19H17F2N3O4S. The summed E-state index contributed by atoms with van der Waals surface area (Å²) in [6, 6.07) is 10.4. The van der Waals surface area contributed by atoms with Crippen LogP contribution in [0.1, 0.15) is 23.2 Å². The molecule has 1 aliphatic heterocycles. The third-order valence-corrected chi connectivity index (χ3v) is 6.62. The van der Waals surface area contributed by atoms with Gasteiger partial charge in [0.15, 0.2) is 10.7 Å². The lowest BCUT2D eigenvalue weighted by Crippen LogP contribution is -2.48. The van der Waals surface area contributed by atoms with E-state index in [1.165, 1.54) is 0 Å². The van der Waals surface area contributed by atoms with Gasteiger partial charge in [0.05, 0.1) is 13.0 Å². The Kier molecular flexibility index (Phi) is 5.05. The Hall–Kier alpha value is -2.85. The van der Waals surface area contributed by atoms with E-state index in [0.29, 0.717) is 18.0 Å². The van der Waals surface area contributed by atoms with Crippen LogP contribution in [0.15, 0.2) is 51.9 Å². The summed E-state index contributed by atoms with van der Waals surface area (Å²) in [5, 5.41) is 3.93. The van der Waals surface area contributed by atoms with Crippen molar-refractivity contribution in [3.05, 3.63) is 71.4 Å². The summed E-state index contributed by atoms with van der Waals surface area (Å²) in [4.78, 5) is 3.38. The topological polar surface area (TPSA) is 85.5 Å². The van der Waals surface area contributed by atoms with E-state index in [1.54, 1.807) is 7.11 Å².